The van der Waals surface area contributed by atoms with Gasteiger partial charge < -0.3 is 14.2 Å². The van der Waals surface area contributed by atoms with E-state index in [2.05, 4.69) is 40.5 Å². The van der Waals surface area contributed by atoms with Gasteiger partial charge in [-0.25, -0.2) is 0 Å². The second kappa shape index (κ2) is 11.2. The fourth-order valence-corrected chi connectivity index (χ4v) is 7.17. The molecule has 2 aliphatic carbocycles. The van der Waals surface area contributed by atoms with E-state index in [1.54, 1.807) is 0 Å². The molecule has 0 unspecified atom stereocenters. The first-order valence-corrected chi connectivity index (χ1v) is 15.6. The molecular weight excluding hydrogens is 543 g/mol. The fraction of sp³-hybridized carbons (Fsp3) is 0.543. The molecule has 2 aromatic carbocycles. The summed E-state index contributed by atoms with van der Waals surface area (Å²) in [5.74, 6) is 1.08. The van der Waals surface area contributed by atoms with Gasteiger partial charge in [-0.3, -0.25) is 9.18 Å². The first-order chi connectivity index (χ1) is 20.7. The molecule has 0 atom stereocenters. The molecule has 2 bridgehead atoms. The maximum atomic E-state index is 14.3. The van der Waals surface area contributed by atoms with Crippen molar-refractivity contribution in [3.63, 3.8) is 0 Å². The SMILES string of the molecule is CCc1noc(-c2cccc(N(CC34CCC(c5ccc(C(C)(C)C#N)cc5)(CC3)OC4)C(=O)C3(CCF)CCC3)c2)n1. The summed E-state index contributed by atoms with van der Waals surface area (Å²) in [6, 6.07) is 18.5. The third-order valence-electron chi connectivity index (χ3n) is 10.5. The summed E-state index contributed by atoms with van der Waals surface area (Å²) in [5, 5.41) is 13.6. The minimum Gasteiger partial charge on any atom is -0.370 e. The van der Waals surface area contributed by atoms with Crippen LogP contribution >= 0.6 is 0 Å². The zero-order valence-electron chi connectivity index (χ0n) is 25.5. The van der Waals surface area contributed by atoms with Crippen LogP contribution in [0.3, 0.4) is 0 Å². The van der Waals surface area contributed by atoms with E-state index in [1.165, 1.54) is 0 Å². The van der Waals surface area contributed by atoms with Gasteiger partial charge >= 0.3 is 0 Å². The highest BCUT2D eigenvalue weighted by atomic mass is 19.1. The lowest BCUT2D eigenvalue weighted by Crippen LogP contribution is -2.57. The van der Waals surface area contributed by atoms with Crippen LogP contribution < -0.4 is 4.90 Å². The second-order valence-corrected chi connectivity index (χ2v) is 13.5. The lowest BCUT2D eigenvalue weighted by atomic mass is 9.63. The number of halogens is 1. The molecule has 2 aliphatic heterocycles. The summed E-state index contributed by atoms with van der Waals surface area (Å²) in [6.07, 6.45) is 6.93. The maximum Gasteiger partial charge on any atom is 0.257 e. The Hall–Kier alpha value is -3.57. The molecule has 0 radical (unpaired) electrons. The van der Waals surface area contributed by atoms with Crippen LogP contribution in [-0.2, 0) is 27.0 Å². The number of benzene rings is 2. The molecule has 1 amide bonds. The van der Waals surface area contributed by atoms with Crippen LogP contribution in [0.5, 0.6) is 0 Å². The fourth-order valence-electron chi connectivity index (χ4n) is 7.17. The van der Waals surface area contributed by atoms with E-state index in [0.717, 1.165) is 67.3 Å². The number of amides is 1. The first kappa shape index (κ1) is 29.5. The Bertz CT molecular complexity index is 1490. The molecule has 4 aliphatic rings. The van der Waals surface area contributed by atoms with Crippen LogP contribution in [0.4, 0.5) is 10.1 Å². The predicted octanol–water partition coefficient (Wildman–Crippen LogP) is 7.45. The van der Waals surface area contributed by atoms with Crippen molar-refractivity contribution >= 4 is 11.6 Å². The Morgan fingerprint density at radius 2 is 1.84 bits per heavy atom. The van der Waals surface area contributed by atoms with Crippen molar-refractivity contribution in [1.29, 1.82) is 5.26 Å². The number of carbonyl (C=O) groups is 1. The zero-order valence-corrected chi connectivity index (χ0v) is 25.5. The van der Waals surface area contributed by atoms with Crippen LogP contribution in [0, 0.1) is 22.2 Å². The standard InChI is InChI=1S/C35H41FN4O3/c1-4-29-38-30(43-39-29)25-7-5-8-28(21-25)40(31(41)34(19-20-36)13-6-14-34)23-33-15-17-35(18-16-33,42-24-33)27-11-9-26(10-12-27)32(2,3)22-37/h5,7-12,21H,4,6,13-20,23-24H2,1-3H3. The quantitative estimate of drug-likeness (QED) is 0.246. The zero-order chi connectivity index (χ0) is 30.3. The van der Waals surface area contributed by atoms with Gasteiger partial charge in [0.2, 0.25) is 5.91 Å². The van der Waals surface area contributed by atoms with Crippen LogP contribution in [-0.4, -0.2) is 35.9 Å². The summed E-state index contributed by atoms with van der Waals surface area (Å²) in [4.78, 5) is 20.8. The van der Waals surface area contributed by atoms with Gasteiger partial charge in [0.15, 0.2) is 5.82 Å². The van der Waals surface area contributed by atoms with Gasteiger partial charge in [0.05, 0.1) is 35.8 Å². The molecule has 2 saturated heterocycles. The van der Waals surface area contributed by atoms with Crippen LogP contribution in [0.2, 0.25) is 0 Å². The van der Waals surface area contributed by atoms with Gasteiger partial charge in [0.1, 0.15) is 0 Å². The molecule has 1 aromatic heterocycles. The van der Waals surface area contributed by atoms with E-state index in [1.807, 2.05) is 49.9 Å². The van der Waals surface area contributed by atoms with Crippen molar-refractivity contribution in [2.75, 3.05) is 24.7 Å². The topological polar surface area (TPSA) is 92.3 Å². The molecule has 43 heavy (non-hydrogen) atoms. The number of fused-ring (bicyclic) bond motifs is 3. The van der Waals surface area contributed by atoms with Gasteiger partial charge in [-0.2, -0.15) is 10.2 Å². The molecule has 226 valence electrons. The van der Waals surface area contributed by atoms with E-state index in [-0.39, 0.29) is 23.3 Å². The van der Waals surface area contributed by atoms with Gasteiger partial charge in [0.25, 0.3) is 5.89 Å². The minimum atomic E-state index is -0.645. The Morgan fingerprint density at radius 1 is 1.09 bits per heavy atom. The van der Waals surface area contributed by atoms with Crippen molar-refractivity contribution in [1.82, 2.24) is 10.1 Å². The van der Waals surface area contributed by atoms with E-state index in [0.29, 0.717) is 31.3 Å². The number of nitrogens with zero attached hydrogens (tertiary/aromatic N) is 4. The summed E-state index contributed by atoms with van der Waals surface area (Å²) < 4.78 is 26.0. The van der Waals surface area contributed by atoms with Crippen LogP contribution in [0.15, 0.2) is 53.1 Å². The number of aryl methyl sites for hydroxylation is 1. The molecule has 0 N–H and O–H groups in total. The van der Waals surface area contributed by atoms with Gasteiger partial charge in [-0.1, -0.05) is 48.8 Å². The monoisotopic (exact) mass is 584 g/mol. The lowest BCUT2D eigenvalue weighted by molar-refractivity contribution is -0.187. The molecule has 7 nitrogen and oxygen atoms in total. The summed E-state index contributed by atoms with van der Waals surface area (Å²) in [6.45, 7) is 6.42. The lowest BCUT2D eigenvalue weighted by Gasteiger charge is -2.55. The van der Waals surface area contributed by atoms with E-state index in [9.17, 15) is 14.4 Å². The van der Waals surface area contributed by atoms with Gasteiger partial charge in [-0.15, -0.1) is 0 Å². The maximum absolute atomic E-state index is 14.3. The second-order valence-electron chi connectivity index (χ2n) is 13.5. The van der Waals surface area contributed by atoms with Crippen LogP contribution in [0.25, 0.3) is 11.5 Å². The average Bonchev–Trinajstić information content (AvgIpc) is 3.52. The molecule has 3 aromatic rings. The molecule has 8 heteroatoms. The number of carbonyl (C=O) groups excluding carboxylic acids is 1. The predicted molar refractivity (Wildman–Crippen MR) is 162 cm³/mol. The molecule has 4 fully saturated rings. The highest BCUT2D eigenvalue weighted by Gasteiger charge is 2.53. The number of aromatic nitrogens is 2. The number of anilines is 1. The Balaban J connectivity index is 1.27. The average molecular weight is 585 g/mol. The minimum absolute atomic E-state index is 0.0146. The number of hydrogen-bond donors (Lipinski definition) is 0. The van der Waals surface area contributed by atoms with E-state index < -0.39 is 17.5 Å². The Morgan fingerprint density at radius 3 is 2.40 bits per heavy atom. The highest BCUT2D eigenvalue weighted by molar-refractivity contribution is 5.98. The molecule has 2 saturated carbocycles. The van der Waals surface area contributed by atoms with Gasteiger partial charge in [0, 0.05) is 29.6 Å². The van der Waals surface area contributed by atoms with Crippen molar-refractivity contribution in [2.45, 2.75) is 89.6 Å². The number of ether oxygens (including phenoxy) is 1. The number of nitriles is 1. The normalized spacial score (nSPS) is 24.3. The number of hydrogen-bond acceptors (Lipinski definition) is 6. The van der Waals surface area contributed by atoms with Crippen molar-refractivity contribution < 1.29 is 18.4 Å². The summed E-state index contributed by atoms with van der Waals surface area (Å²) in [7, 11) is 0. The smallest absolute Gasteiger partial charge is 0.257 e. The summed E-state index contributed by atoms with van der Waals surface area (Å²) >= 11 is 0. The number of alkyl halides is 1. The van der Waals surface area contributed by atoms with Crippen molar-refractivity contribution in [3.8, 4) is 17.5 Å². The van der Waals surface area contributed by atoms with E-state index in [4.69, 9.17) is 9.26 Å². The third kappa shape index (κ3) is 5.26. The molecule has 7 rings (SSSR count). The Labute approximate surface area is 253 Å². The van der Waals surface area contributed by atoms with Crippen molar-refractivity contribution in [3.05, 3.63) is 65.5 Å². The Kier molecular flexibility index (Phi) is 7.66. The third-order valence-corrected chi connectivity index (χ3v) is 10.5. The first-order valence-electron chi connectivity index (χ1n) is 15.6. The number of rotatable bonds is 10. The summed E-state index contributed by atoms with van der Waals surface area (Å²) in [5.41, 5.74) is 1.98. The molecular formula is C35H41FN4O3. The van der Waals surface area contributed by atoms with Crippen molar-refractivity contribution in [2.24, 2.45) is 10.8 Å². The molecule has 0 spiro atoms. The van der Waals surface area contributed by atoms with E-state index >= 15 is 0 Å². The largest absolute Gasteiger partial charge is 0.370 e. The van der Waals surface area contributed by atoms with Gasteiger partial charge in [-0.05, 0) is 88.1 Å². The molecule has 3 heterocycles. The highest BCUT2D eigenvalue weighted by Crippen LogP contribution is 2.55. The van der Waals surface area contributed by atoms with Crippen LogP contribution in [0.1, 0.15) is 89.1 Å².